The fourth-order valence-corrected chi connectivity index (χ4v) is 4.50. The molecule has 180 valence electrons. The van der Waals surface area contributed by atoms with Gasteiger partial charge in [0.25, 0.3) is 0 Å². The van der Waals surface area contributed by atoms with E-state index in [1.165, 1.54) is 12.0 Å². The Morgan fingerprint density at radius 3 is 2.66 bits per heavy atom. The maximum Gasteiger partial charge on any atom is 0.337 e. The number of anilines is 1. The number of nitrogens with zero attached hydrogens (tertiary/aromatic N) is 3. The third-order valence-corrected chi connectivity index (χ3v) is 6.11. The summed E-state index contributed by atoms with van der Waals surface area (Å²) in [5.74, 6) is -0.158. The number of halogens is 1. The van der Waals surface area contributed by atoms with E-state index >= 15 is 0 Å². The van der Waals surface area contributed by atoms with Gasteiger partial charge in [-0.15, -0.1) is 0 Å². The molecule has 4 rings (SSSR count). The number of hydrogen-bond acceptors (Lipinski definition) is 5. The fourth-order valence-electron chi connectivity index (χ4n) is 4.50. The molecule has 9 heteroatoms. The summed E-state index contributed by atoms with van der Waals surface area (Å²) in [5.41, 5.74) is 2.59. The zero-order valence-corrected chi connectivity index (χ0v) is 19.3. The first-order valence-corrected chi connectivity index (χ1v) is 11.3. The Bertz CT molecular complexity index is 1220. The molecule has 1 unspecified atom stereocenters. The van der Waals surface area contributed by atoms with Crippen LogP contribution in [-0.4, -0.2) is 43.0 Å². The van der Waals surface area contributed by atoms with Gasteiger partial charge in [0, 0.05) is 31.3 Å². The highest BCUT2D eigenvalue weighted by molar-refractivity contribution is 6.11. The summed E-state index contributed by atoms with van der Waals surface area (Å²) in [6.45, 7) is -0.309. The quantitative estimate of drug-likeness (QED) is 0.624. The van der Waals surface area contributed by atoms with Crippen molar-refractivity contribution in [1.82, 2.24) is 10.2 Å². The number of imide groups is 1. The smallest absolute Gasteiger partial charge is 0.337 e. The average molecular weight is 477 g/mol. The summed E-state index contributed by atoms with van der Waals surface area (Å²) >= 11 is 0. The molecule has 2 aromatic carbocycles. The lowest BCUT2D eigenvalue weighted by Gasteiger charge is -2.44. The Labute approximate surface area is 202 Å². The van der Waals surface area contributed by atoms with Gasteiger partial charge in [0.2, 0.25) is 0 Å². The molecular weight excluding hydrogens is 451 g/mol. The minimum atomic E-state index is -0.957. The third-order valence-electron chi connectivity index (χ3n) is 6.11. The highest BCUT2D eigenvalue weighted by atomic mass is 19.1. The third kappa shape index (κ3) is 4.66. The highest BCUT2D eigenvalue weighted by Crippen LogP contribution is 2.44. The predicted octanol–water partition coefficient (Wildman–Crippen LogP) is 4.37. The number of nitriles is 1. The fraction of sp³-hybridized carbons (Fsp3) is 0.308. The molecule has 2 aromatic rings. The van der Waals surface area contributed by atoms with Gasteiger partial charge in [-0.3, -0.25) is 9.69 Å². The molecule has 0 saturated carbocycles. The molecule has 1 aliphatic heterocycles. The molecule has 0 fully saturated rings. The normalized spacial score (nSPS) is 17.8. The first-order valence-electron chi connectivity index (χ1n) is 11.3. The number of nitrogens with one attached hydrogen (secondary N) is 1. The number of amides is 4. The summed E-state index contributed by atoms with van der Waals surface area (Å²) in [6.07, 6.45) is 1.31. The second-order valence-corrected chi connectivity index (χ2v) is 8.29. The van der Waals surface area contributed by atoms with Gasteiger partial charge in [-0.25, -0.2) is 18.9 Å². The minimum absolute atomic E-state index is 0.158. The van der Waals surface area contributed by atoms with E-state index in [1.807, 2.05) is 6.07 Å². The van der Waals surface area contributed by atoms with Crippen LogP contribution in [-0.2, 0) is 16.2 Å². The van der Waals surface area contributed by atoms with Crippen molar-refractivity contribution in [3.05, 3.63) is 76.5 Å². The van der Waals surface area contributed by atoms with Gasteiger partial charge in [0.1, 0.15) is 6.67 Å². The number of urea groups is 2. The monoisotopic (exact) mass is 476 g/mol. The molecule has 4 amide bonds. The van der Waals surface area contributed by atoms with E-state index in [9.17, 15) is 24.0 Å². The number of ether oxygens (including phenoxy) is 1. The maximum absolute atomic E-state index is 13.9. The van der Waals surface area contributed by atoms with E-state index in [1.54, 1.807) is 48.5 Å². The number of Topliss-reactive ketones (excluding diaryl/α,β-unsaturated/α-hetero) is 1. The number of carbonyl (C=O) groups excluding carboxylic acids is 3. The number of hydrogen-bond donors (Lipinski definition) is 1. The predicted molar refractivity (Wildman–Crippen MR) is 126 cm³/mol. The van der Waals surface area contributed by atoms with Crippen LogP contribution in [0.4, 0.5) is 19.7 Å². The van der Waals surface area contributed by atoms with Crippen molar-refractivity contribution in [3.63, 3.8) is 0 Å². The van der Waals surface area contributed by atoms with Gasteiger partial charge >= 0.3 is 12.1 Å². The van der Waals surface area contributed by atoms with Crippen molar-refractivity contribution in [3.8, 4) is 6.07 Å². The first kappa shape index (κ1) is 24.1. The van der Waals surface area contributed by atoms with Gasteiger partial charge in [0.05, 0.1) is 30.0 Å². The molecule has 0 spiro atoms. The molecular formula is C26H25FN4O4. The Morgan fingerprint density at radius 1 is 1.20 bits per heavy atom. The van der Waals surface area contributed by atoms with Crippen molar-refractivity contribution in [2.75, 3.05) is 25.2 Å². The van der Waals surface area contributed by atoms with E-state index < -0.39 is 24.8 Å². The van der Waals surface area contributed by atoms with E-state index in [4.69, 9.17) is 4.74 Å². The second-order valence-electron chi connectivity index (χ2n) is 8.29. The Balaban J connectivity index is 1.90. The van der Waals surface area contributed by atoms with Gasteiger partial charge in [-0.05, 0) is 48.2 Å². The van der Waals surface area contributed by atoms with Crippen LogP contribution >= 0.6 is 0 Å². The molecule has 0 bridgehead atoms. The SMILES string of the molecule is COCCNC(=O)N1C(=O)N(c2cccc(CF)c2)C2=C(C(=O)CCC2)C1c1ccc(C#N)cc1. The van der Waals surface area contributed by atoms with Crippen LogP contribution < -0.4 is 10.2 Å². The molecule has 0 saturated heterocycles. The Hall–Kier alpha value is -4.03. The van der Waals surface area contributed by atoms with Crippen molar-refractivity contribution in [2.45, 2.75) is 32.0 Å². The molecule has 1 atom stereocenters. The number of rotatable bonds is 6. The van der Waals surface area contributed by atoms with Crippen molar-refractivity contribution in [1.29, 1.82) is 5.26 Å². The van der Waals surface area contributed by atoms with Crippen molar-refractivity contribution >= 4 is 23.5 Å². The van der Waals surface area contributed by atoms with Gasteiger partial charge < -0.3 is 10.1 Å². The minimum Gasteiger partial charge on any atom is -0.383 e. The van der Waals surface area contributed by atoms with Crippen LogP contribution in [0, 0.1) is 11.3 Å². The molecule has 8 nitrogen and oxygen atoms in total. The van der Waals surface area contributed by atoms with Crippen LogP contribution in [0.5, 0.6) is 0 Å². The number of ketones is 1. The number of methoxy groups -OCH3 is 1. The summed E-state index contributed by atoms with van der Waals surface area (Å²) in [6, 6.07) is 12.7. The largest absolute Gasteiger partial charge is 0.383 e. The topological polar surface area (TPSA) is 103 Å². The van der Waals surface area contributed by atoms with Crippen LogP contribution in [0.15, 0.2) is 59.8 Å². The van der Waals surface area contributed by atoms with Crippen molar-refractivity contribution < 1.29 is 23.5 Å². The molecule has 1 N–H and O–H groups in total. The lowest BCUT2D eigenvalue weighted by atomic mass is 9.83. The highest BCUT2D eigenvalue weighted by Gasteiger charge is 2.47. The number of allylic oxidation sites excluding steroid dienone is 1. The summed E-state index contributed by atoms with van der Waals surface area (Å²) < 4.78 is 18.4. The lowest BCUT2D eigenvalue weighted by molar-refractivity contribution is -0.116. The van der Waals surface area contributed by atoms with Crippen molar-refractivity contribution in [2.24, 2.45) is 0 Å². The molecule has 1 aliphatic carbocycles. The van der Waals surface area contributed by atoms with Crippen LogP contribution in [0.3, 0.4) is 0 Å². The maximum atomic E-state index is 13.9. The molecule has 1 heterocycles. The first-order chi connectivity index (χ1) is 17.0. The summed E-state index contributed by atoms with van der Waals surface area (Å²) in [5, 5.41) is 11.9. The van der Waals surface area contributed by atoms with Gasteiger partial charge in [0.15, 0.2) is 5.78 Å². The van der Waals surface area contributed by atoms with E-state index in [0.29, 0.717) is 46.5 Å². The summed E-state index contributed by atoms with van der Waals surface area (Å²) in [4.78, 5) is 42.9. The van der Waals surface area contributed by atoms with Crippen LogP contribution in [0.1, 0.15) is 42.0 Å². The van der Waals surface area contributed by atoms with Crippen LogP contribution in [0.2, 0.25) is 0 Å². The van der Waals surface area contributed by atoms with E-state index in [0.717, 1.165) is 4.90 Å². The summed E-state index contributed by atoms with van der Waals surface area (Å²) in [7, 11) is 1.50. The number of carbonyl (C=O) groups is 3. The molecule has 2 aliphatic rings. The van der Waals surface area contributed by atoms with Crippen LogP contribution in [0.25, 0.3) is 0 Å². The molecule has 35 heavy (non-hydrogen) atoms. The average Bonchev–Trinajstić information content (AvgIpc) is 2.88. The zero-order valence-electron chi connectivity index (χ0n) is 19.3. The Kier molecular flexibility index (Phi) is 7.22. The Morgan fingerprint density at radius 2 is 1.97 bits per heavy atom. The van der Waals surface area contributed by atoms with Gasteiger partial charge in [-0.1, -0.05) is 24.3 Å². The number of benzene rings is 2. The number of alkyl halides is 1. The molecule has 0 aromatic heterocycles. The van der Waals surface area contributed by atoms with Gasteiger partial charge in [-0.2, -0.15) is 5.26 Å². The van der Waals surface area contributed by atoms with E-state index in [2.05, 4.69) is 5.32 Å². The molecule has 0 radical (unpaired) electrons. The standard InChI is InChI=1S/C26H25FN4O4/c1-35-13-12-29-25(33)31-24(19-10-8-17(16-28)9-11-19)23-21(6-3-7-22(23)32)30(26(31)34)20-5-2-4-18(14-20)15-27/h2,4-5,8-11,14,24H,3,6-7,12-13,15H2,1H3,(H,29,33). The van der Waals surface area contributed by atoms with E-state index in [-0.39, 0.29) is 25.4 Å². The zero-order chi connectivity index (χ0) is 24.9. The second kappa shape index (κ2) is 10.5. The lowest BCUT2D eigenvalue weighted by Crippen LogP contribution is -2.57.